The zero-order valence-corrected chi connectivity index (χ0v) is 28.1. The highest BCUT2D eigenvalue weighted by Crippen LogP contribution is 2.25. The molecular formula is C33H26ClN9O11. The number of non-ortho nitro benzene ring substituents is 2. The molecule has 54 heavy (non-hydrogen) atoms. The van der Waals surface area contributed by atoms with Crippen LogP contribution in [0.4, 0.5) is 34.1 Å². The van der Waals surface area contributed by atoms with Crippen LogP contribution in [-0.4, -0.2) is 39.8 Å². The molecule has 0 amide bonds. The summed E-state index contributed by atoms with van der Waals surface area (Å²) in [6.45, 7) is 0. The summed E-state index contributed by atoms with van der Waals surface area (Å²) in [5.41, 5.74) is 12.0. The van der Waals surface area contributed by atoms with Crippen LogP contribution in [0, 0.1) is 40.5 Å². The normalized spacial score (nSPS) is 9.65. The summed E-state index contributed by atoms with van der Waals surface area (Å²) in [6, 6.07) is 26.6. The number of ether oxygens (including phenoxy) is 2. The van der Waals surface area contributed by atoms with Gasteiger partial charge in [0, 0.05) is 48.2 Å². The molecule has 21 heteroatoms. The van der Waals surface area contributed by atoms with Crippen LogP contribution in [0.3, 0.4) is 0 Å². The van der Waals surface area contributed by atoms with Gasteiger partial charge >= 0.3 is 0 Å². The molecule has 0 spiro atoms. The van der Waals surface area contributed by atoms with Gasteiger partial charge in [0.2, 0.25) is 11.8 Å². The fourth-order valence-corrected chi connectivity index (χ4v) is 3.67. The molecule has 20 nitrogen and oxygen atoms in total. The van der Waals surface area contributed by atoms with E-state index in [9.17, 15) is 40.5 Å². The van der Waals surface area contributed by atoms with E-state index in [0.29, 0.717) is 23.0 Å². The summed E-state index contributed by atoms with van der Waals surface area (Å²) >= 11 is 5.38. The van der Waals surface area contributed by atoms with Gasteiger partial charge in [0.25, 0.3) is 22.7 Å². The maximum atomic E-state index is 10.6. The number of phenols is 1. The topological polar surface area (TPSA) is 302 Å². The number of nitrogen functional groups attached to an aromatic ring is 2. The summed E-state index contributed by atoms with van der Waals surface area (Å²) in [5.74, 6) is 1.41. The molecule has 0 aliphatic carbocycles. The lowest BCUT2D eigenvalue weighted by atomic mass is 10.3. The molecule has 0 bridgehead atoms. The second kappa shape index (κ2) is 20.0. The molecule has 0 fully saturated rings. The largest absolute Gasteiger partial charge is 0.508 e. The maximum absolute atomic E-state index is 10.6. The maximum Gasteiger partial charge on any atom is 0.287 e. The molecule has 6 aromatic rings. The third-order valence-electron chi connectivity index (χ3n) is 5.99. The number of nitro groups is 4. The van der Waals surface area contributed by atoms with E-state index >= 15 is 0 Å². The number of hydrogen-bond acceptors (Lipinski definition) is 16. The second-order valence-corrected chi connectivity index (χ2v) is 10.3. The van der Waals surface area contributed by atoms with Gasteiger partial charge in [-0.3, -0.25) is 40.5 Å². The third kappa shape index (κ3) is 14.1. The van der Waals surface area contributed by atoms with Crippen LogP contribution in [-0.2, 0) is 0 Å². The number of nitro benzene ring substituents is 2. The summed E-state index contributed by atoms with van der Waals surface area (Å²) in [6.07, 6.45) is 3.71. The van der Waals surface area contributed by atoms with Crippen molar-refractivity contribution in [3.8, 4) is 29.0 Å². The van der Waals surface area contributed by atoms with Crippen LogP contribution < -0.4 is 20.9 Å². The highest BCUT2D eigenvalue weighted by Gasteiger charge is 2.10. The first-order valence-electron chi connectivity index (χ1n) is 14.7. The van der Waals surface area contributed by atoms with Crippen molar-refractivity contribution in [1.29, 1.82) is 0 Å². The average molecular weight is 760 g/mol. The number of pyridine rings is 3. The van der Waals surface area contributed by atoms with Gasteiger partial charge in [0.1, 0.15) is 34.8 Å². The van der Waals surface area contributed by atoms with Crippen LogP contribution in [0.5, 0.6) is 29.0 Å². The predicted molar refractivity (Wildman–Crippen MR) is 194 cm³/mol. The minimum absolute atomic E-state index is 0.0515. The minimum Gasteiger partial charge on any atom is -0.508 e. The molecule has 0 unspecified atom stereocenters. The number of rotatable bonds is 8. The molecule has 0 saturated heterocycles. The Morgan fingerprint density at radius 1 is 0.519 bits per heavy atom. The Kier molecular flexibility index (Phi) is 15.0. The van der Waals surface area contributed by atoms with Crippen molar-refractivity contribution >= 4 is 45.7 Å². The average Bonchev–Trinajstić information content (AvgIpc) is 3.14. The molecule has 3 aromatic carbocycles. The van der Waals surface area contributed by atoms with Crippen molar-refractivity contribution in [3.63, 3.8) is 0 Å². The van der Waals surface area contributed by atoms with Crippen LogP contribution in [0.2, 0.25) is 5.15 Å². The zero-order chi connectivity index (χ0) is 39.6. The van der Waals surface area contributed by atoms with Crippen LogP contribution in [0.25, 0.3) is 0 Å². The lowest BCUT2D eigenvalue weighted by Crippen LogP contribution is -1.92. The smallest absolute Gasteiger partial charge is 0.287 e. The Hall–Kier alpha value is -8.00. The number of nitrogens with zero attached hydrogens (tertiary/aromatic N) is 7. The Morgan fingerprint density at radius 3 is 1.44 bits per heavy atom. The Balaban J connectivity index is 0.000000201. The summed E-state index contributed by atoms with van der Waals surface area (Å²) in [7, 11) is 0. The molecule has 3 aromatic heterocycles. The second-order valence-electron chi connectivity index (χ2n) is 9.95. The number of aromatic hydroxyl groups is 1. The van der Waals surface area contributed by atoms with Crippen LogP contribution >= 0.6 is 11.6 Å². The van der Waals surface area contributed by atoms with Crippen LogP contribution in [0.15, 0.2) is 128 Å². The van der Waals surface area contributed by atoms with E-state index in [1.54, 1.807) is 30.5 Å². The van der Waals surface area contributed by atoms with Gasteiger partial charge in [-0.25, -0.2) is 15.0 Å². The molecule has 0 saturated carbocycles. The lowest BCUT2D eigenvalue weighted by Gasteiger charge is -2.04. The van der Waals surface area contributed by atoms with Crippen molar-refractivity contribution in [3.05, 3.63) is 173 Å². The zero-order valence-electron chi connectivity index (χ0n) is 27.3. The first-order valence-corrected chi connectivity index (χ1v) is 15.0. The van der Waals surface area contributed by atoms with Crippen molar-refractivity contribution < 1.29 is 34.3 Å². The Morgan fingerprint density at radius 2 is 1.00 bits per heavy atom. The summed E-state index contributed by atoms with van der Waals surface area (Å²) in [4.78, 5) is 50.2. The van der Waals surface area contributed by atoms with E-state index in [4.69, 9.17) is 37.6 Å². The third-order valence-corrected chi connectivity index (χ3v) is 6.21. The van der Waals surface area contributed by atoms with Gasteiger partial charge in [-0.1, -0.05) is 29.8 Å². The van der Waals surface area contributed by atoms with Crippen molar-refractivity contribution in [2.24, 2.45) is 0 Å². The van der Waals surface area contributed by atoms with Crippen molar-refractivity contribution in [2.45, 2.75) is 0 Å². The number of anilines is 2. The number of phenolic OH excluding ortho intramolecular Hbond substituents is 1. The summed E-state index contributed by atoms with van der Waals surface area (Å²) < 4.78 is 10.7. The van der Waals surface area contributed by atoms with E-state index in [2.05, 4.69) is 15.0 Å². The molecule has 0 aliphatic rings. The highest BCUT2D eigenvalue weighted by atomic mass is 35.5. The van der Waals surface area contributed by atoms with E-state index in [0.717, 1.165) is 18.5 Å². The first-order chi connectivity index (χ1) is 25.7. The highest BCUT2D eigenvalue weighted by molar-refractivity contribution is 6.29. The molecule has 276 valence electrons. The van der Waals surface area contributed by atoms with E-state index in [1.165, 1.54) is 66.7 Å². The fraction of sp³-hybridized carbons (Fsp3) is 0. The van der Waals surface area contributed by atoms with Gasteiger partial charge in [-0.15, -0.1) is 0 Å². The molecule has 6 rings (SSSR count). The fourth-order valence-electron chi connectivity index (χ4n) is 3.56. The standard InChI is InChI=1S/C11H7N3O5.C11H11N3O.C6H5NO3.C5H3ClN2O2/c15-13(16)8-2-1-3-10(6-8)19-11-5-4-9(7-12-11)14(17)18;12-8-2-1-3-10(6-8)15-11-5-4-9(13)7-14-11;8-6-3-1-2-5(4-6)7(9)10;6-5-2-1-4(3-7-5)8(9)10/h1-7H;1-7H,12-13H2;1-4,8H;1-3H. The van der Waals surface area contributed by atoms with Crippen molar-refractivity contribution in [2.75, 3.05) is 11.5 Å². The SMILES string of the molecule is Nc1ccc(Oc2cccc(N)c2)nc1.O=[N+]([O-])c1ccc(Cl)nc1.O=[N+]([O-])c1ccc(Oc2cccc([N+](=O)[O-])c2)nc1.O=[N+]([O-])c1cccc(O)c1. The predicted octanol–water partition coefficient (Wildman–Crippen LogP) is 7.67. The quantitative estimate of drug-likeness (QED) is 0.0580. The van der Waals surface area contributed by atoms with Crippen molar-refractivity contribution in [1.82, 2.24) is 15.0 Å². The first kappa shape index (κ1) is 40.4. The minimum atomic E-state index is -0.579. The molecule has 0 atom stereocenters. The monoisotopic (exact) mass is 759 g/mol. The molecule has 0 aliphatic heterocycles. The van der Waals surface area contributed by atoms with E-state index < -0.39 is 19.7 Å². The van der Waals surface area contributed by atoms with Gasteiger partial charge < -0.3 is 26.0 Å². The number of aromatic nitrogens is 3. The van der Waals surface area contributed by atoms with Crippen LogP contribution in [0.1, 0.15) is 0 Å². The van der Waals surface area contributed by atoms with E-state index in [-0.39, 0.29) is 45.3 Å². The summed E-state index contributed by atoms with van der Waals surface area (Å²) in [5, 5.41) is 50.1. The Bertz CT molecular complexity index is 2200. The van der Waals surface area contributed by atoms with Gasteiger partial charge in [-0.2, -0.15) is 0 Å². The number of nitrogens with two attached hydrogens (primary N) is 2. The Labute approximate surface area is 308 Å². The van der Waals surface area contributed by atoms with Gasteiger partial charge in [0.15, 0.2) is 0 Å². The number of halogens is 1. The van der Waals surface area contributed by atoms with E-state index in [1.807, 2.05) is 12.1 Å². The lowest BCUT2D eigenvalue weighted by molar-refractivity contribution is -0.385. The molecule has 3 heterocycles. The molecule has 5 N–H and O–H groups in total. The van der Waals surface area contributed by atoms with Gasteiger partial charge in [-0.05, 0) is 36.4 Å². The molecular weight excluding hydrogens is 734 g/mol. The number of benzene rings is 3. The van der Waals surface area contributed by atoms with Gasteiger partial charge in [0.05, 0.1) is 43.7 Å². The number of hydrogen-bond donors (Lipinski definition) is 3. The molecule has 0 radical (unpaired) electrons.